The van der Waals surface area contributed by atoms with E-state index in [0.717, 1.165) is 16.9 Å². The Bertz CT molecular complexity index is 900. The van der Waals surface area contributed by atoms with Gasteiger partial charge in [-0.2, -0.15) is 5.10 Å². The van der Waals surface area contributed by atoms with Crippen molar-refractivity contribution < 1.29 is 4.79 Å². The number of hydrogen-bond acceptors (Lipinski definition) is 4. The van der Waals surface area contributed by atoms with Gasteiger partial charge in [-0.05, 0) is 47.8 Å². The number of benzene rings is 1. The highest BCUT2D eigenvalue weighted by atomic mass is 35.5. The number of aromatic nitrogens is 3. The van der Waals surface area contributed by atoms with Crippen molar-refractivity contribution in [3.05, 3.63) is 57.1 Å². The van der Waals surface area contributed by atoms with E-state index in [9.17, 15) is 4.79 Å². The molecule has 2 aromatic heterocycles. The Morgan fingerprint density at radius 2 is 2.16 bits per heavy atom. The van der Waals surface area contributed by atoms with Crippen molar-refractivity contribution in [2.24, 2.45) is 0 Å². The van der Waals surface area contributed by atoms with E-state index in [1.165, 1.54) is 0 Å². The number of thiophene rings is 1. The molecular weight excluding hydrogens is 376 g/mol. The Labute approximate surface area is 159 Å². The molecule has 0 saturated heterocycles. The molecule has 1 amide bonds. The van der Waals surface area contributed by atoms with Gasteiger partial charge >= 0.3 is 0 Å². The maximum absolute atomic E-state index is 12.6. The summed E-state index contributed by atoms with van der Waals surface area (Å²) in [7, 11) is 0. The Hall–Kier alpha value is -1.96. The number of carbonyl (C=O) groups is 1. The number of nitrogens with zero attached hydrogens (tertiary/aromatic N) is 2. The van der Waals surface area contributed by atoms with Gasteiger partial charge in [0.2, 0.25) is 5.91 Å². The first kappa shape index (κ1) is 17.8. The molecule has 25 heavy (non-hydrogen) atoms. The van der Waals surface area contributed by atoms with Crippen LogP contribution in [0.3, 0.4) is 0 Å². The zero-order chi connectivity index (χ0) is 17.8. The molecule has 3 aromatic rings. The fraction of sp³-hybridized carbons (Fsp3) is 0.235. The molecule has 1 aromatic carbocycles. The van der Waals surface area contributed by atoms with Gasteiger partial charge in [-0.15, -0.1) is 11.3 Å². The summed E-state index contributed by atoms with van der Waals surface area (Å²) < 4.78 is 2.14. The van der Waals surface area contributed by atoms with E-state index < -0.39 is 0 Å². The maximum atomic E-state index is 12.6. The van der Waals surface area contributed by atoms with E-state index >= 15 is 0 Å². The Morgan fingerprint density at radius 1 is 1.40 bits per heavy atom. The van der Waals surface area contributed by atoms with Crippen LogP contribution in [0.5, 0.6) is 0 Å². The predicted molar refractivity (Wildman–Crippen MR) is 103 cm³/mol. The van der Waals surface area contributed by atoms with Gasteiger partial charge in [0.25, 0.3) is 0 Å². The molecule has 0 radical (unpaired) electrons. The molecule has 0 aliphatic rings. The van der Waals surface area contributed by atoms with Crippen LogP contribution in [-0.4, -0.2) is 20.7 Å². The average Bonchev–Trinajstić information content (AvgIpc) is 3.24. The molecular formula is C17H17ClN4OS2. The topological polar surface area (TPSA) is 62.7 Å². The van der Waals surface area contributed by atoms with Gasteiger partial charge in [0, 0.05) is 5.02 Å². The SMILES string of the molecule is CCC(NC(=O)Cn1c(-c2cccs2)n[nH]c1=S)c1ccc(Cl)cc1. The summed E-state index contributed by atoms with van der Waals surface area (Å²) in [4.78, 5) is 13.5. The van der Waals surface area contributed by atoms with Crippen molar-refractivity contribution >= 4 is 41.1 Å². The van der Waals surface area contributed by atoms with Gasteiger partial charge in [0.15, 0.2) is 10.6 Å². The number of H-pyrrole nitrogens is 1. The highest BCUT2D eigenvalue weighted by Crippen LogP contribution is 2.23. The van der Waals surface area contributed by atoms with Gasteiger partial charge < -0.3 is 5.32 Å². The Morgan fingerprint density at radius 3 is 2.80 bits per heavy atom. The molecule has 8 heteroatoms. The molecule has 1 unspecified atom stereocenters. The fourth-order valence-electron chi connectivity index (χ4n) is 2.56. The lowest BCUT2D eigenvalue weighted by atomic mass is 10.0. The largest absolute Gasteiger partial charge is 0.348 e. The summed E-state index contributed by atoms with van der Waals surface area (Å²) >= 11 is 12.8. The number of hydrogen-bond donors (Lipinski definition) is 2. The van der Waals surface area contributed by atoms with Crippen LogP contribution in [0, 0.1) is 4.77 Å². The van der Waals surface area contributed by atoms with Crippen molar-refractivity contribution in [1.29, 1.82) is 0 Å². The Kier molecular flexibility index (Phi) is 5.67. The lowest BCUT2D eigenvalue weighted by Crippen LogP contribution is -2.31. The first-order valence-electron chi connectivity index (χ1n) is 7.82. The Balaban J connectivity index is 1.75. The summed E-state index contributed by atoms with van der Waals surface area (Å²) in [5, 5.41) is 12.7. The van der Waals surface area contributed by atoms with Gasteiger partial charge in [-0.25, -0.2) is 0 Å². The molecule has 0 bridgehead atoms. The minimum atomic E-state index is -0.114. The van der Waals surface area contributed by atoms with Crippen LogP contribution in [0.4, 0.5) is 0 Å². The predicted octanol–water partition coefficient (Wildman–Crippen LogP) is 4.59. The number of halogens is 1. The molecule has 1 atom stereocenters. The molecule has 5 nitrogen and oxygen atoms in total. The van der Waals surface area contributed by atoms with Crippen LogP contribution in [0.1, 0.15) is 24.9 Å². The normalized spacial score (nSPS) is 12.1. The minimum Gasteiger partial charge on any atom is -0.348 e. The van der Waals surface area contributed by atoms with E-state index in [-0.39, 0.29) is 18.5 Å². The zero-order valence-electron chi connectivity index (χ0n) is 13.5. The van der Waals surface area contributed by atoms with Crippen LogP contribution in [0.15, 0.2) is 41.8 Å². The molecule has 130 valence electrons. The van der Waals surface area contributed by atoms with Crippen LogP contribution in [-0.2, 0) is 11.3 Å². The second-order valence-electron chi connectivity index (χ2n) is 5.50. The van der Waals surface area contributed by atoms with Crippen LogP contribution in [0.2, 0.25) is 5.02 Å². The van der Waals surface area contributed by atoms with Crippen LogP contribution in [0.25, 0.3) is 10.7 Å². The second kappa shape index (κ2) is 7.95. The highest BCUT2D eigenvalue weighted by molar-refractivity contribution is 7.71. The van der Waals surface area contributed by atoms with Gasteiger partial charge in [0.05, 0.1) is 10.9 Å². The molecule has 0 fully saturated rings. The lowest BCUT2D eigenvalue weighted by molar-refractivity contribution is -0.122. The van der Waals surface area contributed by atoms with Crippen molar-refractivity contribution in [3.8, 4) is 10.7 Å². The number of nitrogens with one attached hydrogen (secondary N) is 2. The van der Waals surface area contributed by atoms with Crippen molar-refractivity contribution in [3.63, 3.8) is 0 Å². The van der Waals surface area contributed by atoms with Crippen molar-refractivity contribution in [2.75, 3.05) is 0 Å². The standard InChI is InChI=1S/C17H17ClN4OS2/c1-2-13(11-5-7-12(18)8-6-11)19-15(23)10-22-16(20-21-17(22)24)14-4-3-9-25-14/h3-9,13H,2,10H2,1H3,(H,19,23)(H,21,24). The lowest BCUT2D eigenvalue weighted by Gasteiger charge is -2.18. The molecule has 0 aliphatic carbocycles. The maximum Gasteiger partial charge on any atom is 0.240 e. The van der Waals surface area contributed by atoms with Crippen LogP contribution >= 0.6 is 35.2 Å². The van der Waals surface area contributed by atoms with E-state index in [1.807, 2.05) is 48.7 Å². The quantitative estimate of drug-likeness (QED) is 0.603. The molecule has 0 spiro atoms. The highest BCUT2D eigenvalue weighted by Gasteiger charge is 2.16. The van der Waals surface area contributed by atoms with E-state index in [1.54, 1.807) is 15.9 Å². The zero-order valence-corrected chi connectivity index (χ0v) is 15.9. The van der Waals surface area contributed by atoms with Crippen molar-refractivity contribution in [2.45, 2.75) is 25.9 Å². The molecule has 0 aliphatic heterocycles. The summed E-state index contributed by atoms with van der Waals surface area (Å²) in [6.07, 6.45) is 0.780. The van der Waals surface area contributed by atoms with Gasteiger partial charge in [-0.3, -0.25) is 14.5 Å². The smallest absolute Gasteiger partial charge is 0.240 e. The van der Waals surface area contributed by atoms with Gasteiger partial charge in [-0.1, -0.05) is 36.7 Å². The third-order valence-electron chi connectivity index (χ3n) is 3.82. The van der Waals surface area contributed by atoms with E-state index in [2.05, 4.69) is 15.5 Å². The first-order chi connectivity index (χ1) is 12.1. The molecule has 0 saturated carbocycles. The number of carbonyl (C=O) groups excluding carboxylic acids is 1. The summed E-state index contributed by atoms with van der Waals surface area (Å²) in [5.41, 5.74) is 1.02. The number of amides is 1. The van der Waals surface area contributed by atoms with Crippen LogP contribution < -0.4 is 5.32 Å². The first-order valence-corrected chi connectivity index (χ1v) is 9.49. The molecule has 2 heterocycles. The third-order valence-corrected chi connectivity index (χ3v) is 5.25. The second-order valence-corrected chi connectivity index (χ2v) is 7.27. The van der Waals surface area contributed by atoms with E-state index in [0.29, 0.717) is 15.6 Å². The summed E-state index contributed by atoms with van der Waals surface area (Å²) in [6, 6.07) is 11.3. The number of aromatic amines is 1. The van der Waals surface area contributed by atoms with Crippen molar-refractivity contribution in [1.82, 2.24) is 20.1 Å². The average molecular weight is 393 g/mol. The number of rotatable bonds is 6. The minimum absolute atomic E-state index is 0.0731. The summed E-state index contributed by atoms with van der Waals surface area (Å²) in [6.45, 7) is 2.15. The monoisotopic (exact) mass is 392 g/mol. The van der Waals surface area contributed by atoms with E-state index in [4.69, 9.17) is 23.8 Å². The van der Waals surface area contributed by atoms with Gasteiger partial charge in [0.1, 0.15) is 6.54 Å². The summed E-state index contributed by atoms with van der Waals surface area (Å²) in [5.74, 6) is 0.562. The fourth-order valence-corrected chi connectivity index (χ4v) is 3.60. The third kappa shape index (κ3) is 4.18. The molecule has 3 rings (SSSR count). The molecule has 2 N–H and O–H groups in total.